The van der Waals surface area contributed by atoms with Gasteiger partial charge in [-0.1, -0.05) is 24.3 Å². The average molecular weight is 392 g/mol. The number of hydrogen-bond donors (Lipinski definition) is 4. The van der Waals surface area contributed by atoms with Crippen molar-refractivity contribution in [1.29, 1.82) is 0 Å². The number of anilines is 2. The number of rotatable bonds is 2. The van der Waals surface area contributed by atoms with Gasteiger partial charge < -0.3 is 20.8 Å². The van der Waals surface area contributed by atoms with Crippen LogP contribution < -0.4 is 10.6 Å². The SMILES string of the molecule is CNc1ccc2c(c1)c(O)c1ccc3c4ccc(NC)cc4c(O)c4ccc2c1c43. The fourth-order valence-corrected chi connectivity index (χ4v) is 4.89. The molecule has 146 valence electrons. The highest BCUT2D eigenvalue weighted by molar-refractivity contribution is 6.35. The van der Waals surface area contributed by atoms with Crippen LogP contribution in [0.3, 0.4) is 0 Å². The van der Waals surface area contributed by atoms with E-state index in [4.69, 9.17) is 0 Å². The summed E-state index contributed by atoms with van der Waals surface area (Å²) in [5.41, 5.74) is 1.91. The Hall–Kier alpha value is -3.92. The van der Waals surface area contributed by atoms with Crippen molar-refractivity contribution in [3.05, 3.63) is 60.7 Å². The maximum Gasteiger partial charge on any atom is 0.131 e. The summed E-state index contributed by atoms with van der Waals surface area (Å²) in [6.45, 7) is 0. The molecule has 0 spiro atoms. The third-order valence-electron chi connectivity index (χ3n) is 6.38. The summed E-state index contributed by atoms with van der Waals surface area (Å²) in [7, 11) is 3.74. The van der Waals surface area contributed by atoms with Crippen molar-refractivity contribution >= 4 is 65.2 Å². The second-order valence-electron chi connectivity index (χ2n) is 7.79. The van der Waals surface area contributed by atoms with Gasteiger partial charge in [0.15, 0.2) is 0 Å². The number of benzene rings is 6. The van der Waals surface area contributed by atoms with E-state index in [1.54, 1.807) is 0 Å². The summed E-state index contributed by atoms with van der Waals surface area (Å²) in [6.07, 6.45) is 0. The first-order valence-electron chi connectivity index (χ1n) is 9.99. The Morgan fingerprint density at radius 1 is 0.467 bits per heavy atom. The average Bonchev–Trinajstić information content (AvgIpc) is 2.80. The molecule has 0 radical (unpaired) electrons. The van der Waals surface area contributed by atoms with Gasteiger partial charge in [-0.3, -0.25) is 0 Å². The van der Waals surface area contributed by atoms with Gasteiger partial charge in [0.05, 0.1) is 0 Å². The highest BCUT2D eigenvalue weighted by atomic mass is 16.3. The first-order chi connectivity index (χ1) is 14.6. The molecule has 0 fully saturated rings. The van der Waals surface area contributed by atoms with Crippen molar-refractivity contribution < 1.29 is 10.2 Å². The second kappa shape index (κ2) is 5.80. The van der Waals surface area contributed by atoms with Crippen LogP contribution in [0.25, 0.3) is 53.9 Å². The number of nitrogens with one attached hydrogen (secondary N) is 2. The number of hydrogen-bond acceptors (Lipinski definition) is 4. The number of phenols is 2. The van der Waals surface area contributed by atoms with Gasteiger partial charge in [0.2, 0.25) is 0 Å². The molecule has 4 nitrogen and oxygen atoms in total. The van der Waals surface area contributed by atoms with E-state index in [0.29, 0.717) is 0 Å². The summed E-state index contributed by atoms with van der Waals surface area (Å²) < 4.78 is 0. The molecule has 4 N–H and O–H groups in total. The normalized spacial score (nSPS) is 11.9. The Labute approximate surface area is 172 Å². The van der Waals surface area contributed by atoms with Crippen molar-refractivity contribution in [3.8, 4) is 11.5 Å². The zero-order valence-electron chi connectivity index (χ0n) is 16.7. The molecule has 0 bridgehead atoms. The standard InChI is InChI=1S/C26H20N2O2/c1-27-13-3-5-15-17-7-10-20-24-18(8-9-19(23(17)24)25(29)21(15)11-13)16-6-4-14(28-2)12-22(16)26(20)30/h3-12,27-30H,1-2H3. The Morgan fingerprint density at radius 2 is 0.833 bits per heavy atom. The lowest BCUT2D eigenvalue weighted by Gasteiger charge is -2.18. The Morgan fingerprint density at radius 3 is 1.23 bits per heavy atom. The summed E-state index contributed by atoms with van der Waals surface area (Å²) in [4.78, 5) is 0. The molecule has 0 amide bonds. The van der Waals surface area contributed by atoms with E-state index in [9.17, 15) is 10.2 Å². The van der Waals surface area contributed by atoms with E-state index in [1.807, 2.05) is 62.6 Å². The molecule has 0 saturated heterocycles. The summed E-state index contributed by atoms with van der Waals surface area (Å²) in [5.74, 6) is 0.545. The zero-order chi connectivity index (χ0) is 20.6. The largest absolute Gasteiger partial charge is 0.507 e. The second-order valence-corrected chi connectivity index (χ2v) is 7.79. The van der Waals surface area contributed by atoms with Crippen molar-refractivity contribution in [2.45, 2.75) is 0 Å². The molecule has 6 rings (SSSR count). The molecule has 0 aromatic heterocycles. The quantitative estimate of drug-likeness (QED) is 0.204. The van der Waals surface area contributed by atoms with Gasteiger partial charge in [-0.15, -0.1) is 0 Å². The topological polar surface area (TPSA) is 64.5 Å². The van der Waals surface area contributed by atoms with Gasteiger partial charge in [-0.2, -0.15) is 0 Å². The van der Waals surface area contributed by atoms with Crippen LogP contribution in [-0.4, -0.2) is 24.3 Å². The molecule has 0 atom stereocenters. The lowest BCUT2D eigenvalue weighted by Crippen LogP contribution is -1.92. The Kier molecular flexibility index (Phi) is 3.28. The minimum Gasteiger partial charge on any atom is -0.507 e. The van der Waals surface area contributed by atoms with Crippen LogP contribution in [0, 0.1) is 0 Å². The molecular weight excluding hydrogens is 372 g/mol. The van der Waals surface area contributed by atoms with E-state index in [-0.39, 0.29) is 11.5 Å². The van der Waals surface area contributed by atoms with Crippen LogP contribution >= 0.6 is 0 Å². The van der Waals surface area contributed by atoms with Crippen LogP contribution in [0.1, 0.15) is 0 Å². The van der Waals surface area contributed by atoms with Crippen LogP contribution in [0.2, 0.25) is 0 Å². The van der Waals surface area contributed by atoms with Gasteiger partial charge in [-0.25, -0.2) is 0 Å². The number of aromatic hydroxyl groups is 2. The predicted molar refractivity (Wildman–Crippen MR) is 128 cm³/mol. The van der Waals surface area contributed by atoms with E-state index in [0.717, 1.165) is 65.2 Å². The smallest absolute Gasteiger partial charge is 0.131 e. The van der Waals surface area contributed by atoms with Gasteiger partial charge in [-0.05, 0) is 57.9 Å². The fraction of sp³-hybridized carbons (Fsp3) is 0.0769. The van der Waals surface area contributed by atoms with Gasteiger partial charge in [0, 0.05) is 57.8 Å². The third-order valence-corrected chi connectivity index (χ3v) is 6.38. The lowest BCUT2D eigenvalue weighted by atomic mass is 9.87. The molecule has 0 unspecified atom stereocenters. The van der Waals surface area contributed by atoms with E-state index in [2.05, 4.69) is 22.8 Å². The minimum atomic E-state index is 0.272. The monoisotopic (exact) mass is 392 g/mol. The van der Waals surface area contributed by atoms with Crippen LogP contribution in [0.15, 0.2) is 60.7 Å². The van der Waals surface area contributed by atoms with Crippen molar-refractivity contribution in [1.82, 2.24) is 0 Å². The molecule has 0 aliphatic carbocycles. The maximum absolute atomic E-state index is 11.2. The maximum atomic E-state index is 11.2. The van der Waals surface area contributed by atoms with Crippen molar-refractivity contribution in [3.63, 3.8) is 0 Å². The molecule has 0 saturated carbocycles. The number of phenolic OH excluding ortho intramolecular Hbond substituents is 2. The van der Waals surface area contributed by atoms with E-state index in [1.165, 1.54) is 0 Å². The molecule has 6 aromatic rings. The first kappa shape index (κ1) is 17.0. The highest BCUT2D eigenvalue weighted by Gasteiger charge is 2.19. The number of fused-ring (bicyclic) bond motifs is 4. The molecule has 0 heterocycles. The summed E-state index contributed by atoms with van der Waals surface area (Å²) in [6, 6.07) is 20.2. The highest BCUT2D eigenvalue weighted by Crippen LogP contribution is 2.48. The first-order valence-corrected chi connectivity index (χ1v) is 9.99. The molecule has 0 aliphatic heterocycles. The zero-order valence-corrected chi connectivity index (χ0v) is 16.7. The van der Waals surface area contributed by atoms with Crippen molar-refractivity contribution in [2.24, 2.45) is 0 Å². The van der Waals surface area contributed by atoms with Gasteiger partial charge in [0.1, 0.15) is 11.5 Å². The molecule has 30 heavy (non-hydrogen) atoms. The van der Waals surface area contributed by atoms with Crippen LogP contribution in [0.4, 0.5) is 11.4 Å². The third kappa shape index (κ3) is 2.00. The Balaban J connectivity index is 1.89. The molecule has 4 heteroatoms. The molecule has 0 aliphatic rings. The minimum absolute atomic E-state index is 0.272. The van der Waals surface area contributed by atoms with E-state index >= 15 is 0 Å². The summed E-state index contributed by atoms with van der Waals surface area (Å²) in [5, 5.41) is 38.0. The molecular formula is C26H20N2O2. The molecule has 6 aromatic carbocycles. The van der Waals surface area contributed by atoms with Gasteiger partial charge in [0.25, 0.3) is 0 Å². The van der Waals surface area contributed by atoms with Gasteiger partial charge >= 0.3 is 0 Å². The summed E-state index contributed by atoms with van der Waals surface area (Å²) >= 11 is 0. The van der Waals surface area contributed by atoms with Crippen molar-refractivity contribution in [2.75, 3.05) is 24.7 Å². The predicted octanol–water partition coefficient (Wildman–Crippen LogP) is 6.39. The lowest BCUT2D eigenvalue weighted by molar-refractivity contribution is 0.487. The van der Waals surface area contributed by atoms with E-state index < -0.39 is 0 Å². The van der Waals surface area contributed by atoms with Crippen LogP contribution in [-0.2, 0) is 0 Å². The van der Waals surface area contributed by atoms with Crippen LogP contribution in [0.5, 0.6) is 11.5 Å². The fourth-order valence-electron chi connectivity index (χ4n) is 4.89. The Bertz CT molecular complexity index is 1510.